The van der Waals surface area contributed by atoms with E-state index in [1.807, 2.05) is 5.57 Å². The highest BCUT2D eigenvalue weighted by atomic mass is 15.1. The molecule has 3 fully saturated rings. The van der Waals surface area contributed by atoms with Crippen LogP contribution >= 0.6 is 0 Å². The summed E-state index contributed by atoms with van der Waals surface area (Å²) in [5.41, 5.74) is 7.14. The lowest BCUT2D eigenvalue weighted by atomic mass is 9.69. The zero-order valence-corrected chi connectivity index (χ0v) is 16.6. The van der Waals surface area contributed by atoms with Gasteiger partial charge in [-0.25, -0.2) is 4.58 Å². The highest BCUT2D eigenvalue weighted by Gasteiger charge is 2.38. The van der Waals surface area contributed by atoms with Crippen molar-refractivity contribution in [2.75, 3.05) is 26.2 Å². The Balaban J connectivity index is 1.58. The molecule has 0 amide bonds. The second-order valence-corrected chi connectivity index (χ2v) is 9.45. The molecular formula is C24H37N2+. The predicted octanol–water partition coefficient (Wildman–Crippen LogP) is 5.29. The van der Waals surface area contributed by atoms with E-state index in [0.717, 1.165) is 11.8 Å². The highest BCUT2D eigenvalue weighted by molar-refractivity contribution is 5.99. The fraction of sp³-hybridized carbons (Fsp3) is 0.792. The third-order valence-electron chi connectivity index (χ3n) is 7.88. The first-order valence-electron chi connectivity index (χ1n) is 11.7. The van der Waals surface area contributed by atoms with E-state index in [9.17, 15) is 0 Å². The Morgan fingerprint density at radius 3 is 2.23 bits per heavy atom. The molecular weight excluding hydrogens is 316 g/mol. The Labute approximate surface area is 160 Å². The summed E-state index contributed by atoms with van der Waals surface area (Å²) >= 11 is 0. The van der Waals surface area contributed by atoms with Gasteiger partial charge in [0.25, 0.3) is 0 Å². The molecule has 2 saturated heterocycles. The summed E-state index contributed by atoms with van der Waals surface area (Å²) in [6.07, 6.45) is 21.2. The van der Waals surface area contributed by atoms with E-state index in [1.165, 1.54) is 110 Å². The third-order valence-corrected chi connectivity index (χ3v) is 7.88. The Bertz CT molecular complexity index is 619. The summed E-state index contributed by atoms with van der Waals surface area (Å²) in [6, 6.07) is 0. The molecule has 2 nitrogen and oxygen atoms in total. The van der Waals surface area contributed by atoms with Crippen molar-refractivity contribution in [3.8, 4) is 0 Å². The van der Waals surface area contributed by atoms with Gasteiger partial charge in [0.1, 0.15) is 13.1 Å². The summed E-state index contributed by atoms with van der Waals surface area (Å²) in [5, 5.41) is 0. The molecule has 142 valence electrons. The van der Waals surface area contributed by atoms with E-state index < -0.39 is 0 Å². The minimum atomic E-state index is 0.865. The zero-order chi connectivity index (χ0) is 17.3. The van der Waals surface area contributed by atoms with Crippen LogP contribution in [0.2, 0.25) is 0 Å². The average Bonchev–Trinajstić information content (AvgIpc) is 3.41. The molecule has 1 unspecified atom stereocenters. The van der Waals surface area contributed by atoms with Crippen molar-refractivity contribution in [3.63, 3.8) is 0 Å². The van der Waals surface area contributed by atoms with Gasteiger partial charge in [-0.2, -0.15) is 0 Å². The Morgan fingerprint density at radius 2 is 1.46 bits per heavy atom. The maximum atomic E-state index is 2.80. The zero-order valence-electron chi connectivity index (χ0n) is 16.6. The van der Waals surface area contributed by atoms with Gasteiger partial charge in [0, 0.05) is 43.6 Å². The van der Waals surface area contributed by atoms with Gasteiger partial charge in [0.05, 0.1) is 0 Å². The maximum absolute atomic E-state index is 2.80. The monoisotopic (exact) mass is 353 g/mol. The van der Waals surface area contributed by atoms with Crippen molar-refractivity contribution in [2.45, 2.75) is 83.5 Å². The van der Waals surface area contributed by atoms with Crippen LogP contribution < -0.4 is 0 Å². The van der Waals surface area contributed by atoms with E-state index in [4.69, 9.17) is 0 Å². The van der Waals surface area contributed by atoms with Gasteiger partial charge in [-0.15, -0.1) is 0 Å². The summed E-state index contributed by atoms with van der Waals surface area (Å²) < 4.78 is 2.80. The number of hydrogen-bond acceptors (Lipinski definition) is 1. The molecule has 0 N–H and O–H groups in total. The molecule has 26 heavy (non-hydrogen) atoms. The second-order valence-electron chi connectivity index (χ2n) is 9.45. The quantitative estimate of drug-likeness (QED) is 0.611. The molecule has 5 rings (SSSR count). The first-order chi connectivity index (χ1) is 12.9. The molecule has 2 aliphatic heterocycles. The van der Waals surface area contributed by atoms with Gasteiger partial charge in [-0.05, 0) is 68.4 Å². The van der Waals surface area contributed by atoms with Crippen LogP contribution in [0, 0.1) is 11.8 Å². The van der Waals surface area contributed by atoms with E-state index in [-0.39, 0.29) is 0 Å². The Kier molecular flexibility index (Phi) is 4.94. The average molecular weight is 354 g/mol. The van der Waals surface area contributed by atoms with Crippen molar-refractivity contribution in [1.82, 2.24) is 4.90 Å². The molecule has 0 spiro atoms. The van der Waals surface area contributed by atoms with E-state index in [0.29, 0.717) is 0 Å². The normalized spacial score (nSPS) is 30.8. The molecule has 5 aliphatic rings. The van der Waals surface area contributed by atoms with Crippen LogP contribution in [-0.2, 0) is 0 Å². The summed E-state index contributed by atoms with van der Waals surface area (Å²) in [7, 11) is 0. The van der Waals surface area contributed by atoms with E-state index in [2.05, 4.69) is 15.6 Å². The molecule has 2 heteroatoms. The Morgan fingerprint density at radius 1 is 0.731 bits per heavy atom. The van der Waals surface area contributed by atoms with Crippen molar-refractivity contribution in [3.05, 3.63) is 22.9 Å². The summed E-state index contributed by atoms with van der Waals surface area (Å²) in [4.78, 5) is 2.71. The van der Waals surface area contributed by atoms with Gasteiger partial charge in [0.15, 0.2) is 5.71 Å². The van der Waals surface area contributed by atoms with Crippen LogP contribution in [0.15, 0.2) is 22.9 Å². The van der Waals surface area contributed by atoms with Crippen LogP contribution in [0.3, 0.4) is 0 Å². The molecule has 0 bridgehead atoms. The van der Waals surface area contributed by atoms with Crippen molar-refractivity contribution >= 4 is 5.71 Å². The number of rotatable bonds is 2. The molecule has 2 heterocycles. The van der Waals surface area contributed by atoms with E-state index >= 15 is 0 Å². The maximum Gasteiger partial charge on any atom is 0.179 e. The first-order valence-corrected chi connectivity index (χ1v) is 11.7. The highest BCUT2D eigenvalue weighted by Crippen LogP contribution is 2.44. The summed E-state index contributed by atoms with van der Waals surface area (Å²) in [5.74, 6) is 1.73. The molecule has 3 aliphatic carbocycles. The third kappa shape index (κ3) is 3.18. The number of likely N-dealkylation sites (tertiary alicyclic amines) is 1. The summed E-state index contributed by atoms with van der Waals surface area (Å²) in [6.45, 7) is 5.27. The largest absolute Gasteiger partial charge is 0.375 e. The lowest BCUT2D eigenvalue weighted by molar-refractivity contribution is -0.507. The lowest BCUT2D eigenvalue weighted by Gasteiger charge is -2.37. The fourth-order valence-corrected chi connectivity index (χ4v) is 6.49. The first kappa shape index (κ1) is 17.1. The standard InChI is InChI=1S/C24H37N2/c1-2-8-20(9-3-1)24-22-18-21(25-14-4-5-15-25)12-10-19(22)11-13-23(24)26-16-6-7-17-26/h18-20H,1-17H2/q+1. The van der Waals surface area contributed by atoms with Gasteiger partial charge >= 0.3 is 0 Å². The number of nitrogens with zero attached hydrogens (tertiary/aromatic N) is 2. The number of fused-ring (bicyclic) bond motifs is 1. The SMILES string of the molecule is C1=C(N2CCCC2)CCC2CCC(=[N+]3CCCC3)C(C3CCCCC3)=C12. The van der Waals surface area contributed by atoms with Gasteiger partial charge in [-0.3, -0.25) is 0 Å². The Hall–Kier alpha value is -1.05. The van der Waals surface area contributed by atoms with Crippen LogP contribution in [0.5, 0.6) is 0 Å². The molecule has 0 aromatic rings. The lowest BCUT2D eigenvalue weighted by Crippen LogP contribution is -2.33. The van der Waals surface area contributed by atoms with Crippen LogP contribution in [0.25, 0.3) is 0 Å². The second kappa shape index (κ2) is 7.52. The van der Waals surface area contributed by atoms with E-state index in [1.54, 1.807) is 17.0 Å². The van der Waals surface area contributed by atoms with Gasteiger partial charge in [-0.1, -0.05) is 19.3 Å². The van der Waals surface area contributed by atoms with Crippen LogP contribution in [0.4, 0.5) is 0 Å². The van der Waals surface area contributed by atoms with Gasteiger partial charge < -0.3 is 4.90 Å². The molecule has 1 saturated carbocycles. The molecule has 0 aromatic carbocycles. The fourth-order valence-electron chi connectivity index (χ4n) is 6.49. The number of allylic oxidation sites excluding steroid dienone is 4. The van der Waals surface area contributed by atoms with Gasteiger partial charge in [0.2, 0.25) is 0 Å². The van der Waals surface area contributed by atoms with Crippen LogP contribution in [-0.4, -0.2) is 41.4 Å². The molecule has 0 radical (unpaired) electrons. The topological polar surface area (TPSA) is 6.25 Å². The minimum Gasteiger partial charge on any atom is -0.375 e. The van der Waals surface area contributed by atoms with Crippen molar-refractivity contribution in [1.29, 1.82) is 0 Å². The predicted molar refractivity (Wildman–Crippen MR) is 109 cm³/mol. The van der Waals surface area contributed by atoms with Crippen molar-refractivity contribution in [2.24, 2.45) is 11.8 Å². The smallest absolute Gasteiger partial charge is 0.179 e. The molecule has 0 aromatic heterocycles. The van der Waals surface area contributed by atoms with Crippen LogP contribution in [0.1, 0.15) is 83.5 Å². The number of hydrogen-bond donors (Lipinski definition) is 0. The molecule has 1 atom stereocenters. The minimum absolute atomic E-state index is 0.865. The van der Waals surface area contributed by atoms with Crippen molar-refractivity contribution < 1.29 is 4.58 Å².